The first-order valence-corrected chi connectivity index (χ1v) is 11.3. The number of hydrogen-bond donors (Lipinski definition) is 1. The third kappa shape index (κ3) is 5.02. The van der Waals surface area contributed by atoms with Crippen molar-refractivity contribution in [1.82, 2.24) is 9.03 Å². The molecule has 0 spiro atoms. The van der Waals surface area contributed by atoms with Crippen LogP contribution in [-0.2, 0) is 29.5 Å². The molecule has 1 unspecified atom stereocenters. The van der Waals surface area contributed by atoms with Gasteiger partial charge in [-0.25, -0.2) is 21.6 Å². The number of ether oxygens (including phenoxy) is 2. The van der Waals surface area contributed by atoms with Gasteiger partial charge in [-0.05, 0) is 43.0 Å². The van der Waals surface area contributed by atoms with E-state index in [1.54, 1.807) is 0 Å². The van der Waals surface area contributed by atoms with Crippen LogP contribution in [0.5, 0.6) is 0 Å². The van der Waals surface area contributed by atoms with E-state index < -0.39 is 26.3 Å². The lowest BCUT2D eigenvalue weighted by molar-refractivity contribution is -0.0960. The minimum atomic E-state index is -3.79. The molecule has 1 aliphatic rings. The number of sulfonamides is 2. The first kappa shape index (κ1) is 21.3. The van der Waals surface area contributed by atoms with E-state index in [0.717, 1.165) is 12.8 Å². The van der Waals surface area contributed by atoms with E-state index in [0.29, 0.717) is 19.0 Å². The Morgan fingerprint density at radius 2 is 1.69 bits per heavy atom. The average Bonchev–Trinajstić information content (AvgIpc) is 2.62. The summed E-state index contributed by atoms with van der Waals surface area (Å²) in [6.07, 6.45) is 1.14. The lowest BCUT2D eigenvalue weighted by atomic mass is 10.0. The summed E-state index contributed by atoms with van der Waals surface area (Å²) in [6.45, 7) is 2.94. The van der Waals surface area contributed by atoms with Crippen LogP contribution in [0.1, 0.15) is 19.8 Å². The highest BCUT2D eigenvalue weighted by atomic mass is 32.2. The zero-order valence-electron chi connectivity index (χ0n) is 15.2. The molecule has 1 aromatic carbocycles. The van der Waals surface area contributed by atoms with E-state index in [1.165, 1.54) is 42.8 Å². The molecule has 26 heavy (non-hydrogen) atoms. The Bertz CT molecular complexity index is 789. The van der Waals surface area contributed by atoms with Crippen LogP contribution in [0.4, 0.5) is 0 Å². The van der Waals surface area contributed by atoms with Crippen molar-refractivity contribution in [3.05, 3.63) is 24.3 Å². The van der Waals surface area contributed by atoms with Gasteiger partial charge in [0.2, 0.25) is 20.0 Å². The topological polar surface area (TPSA) is 102 Å². The molecule has 0 radical (unpaired) electrons. The highest BCUT2D eigenvalue weighted by Crippen LogP contribution is 2.24. The second-order valence-electron chi connectivity index (χ2n) is 6.33. The van der Waals surface area contributed by atoms with Crippen LogP contribution in [0.15, 0.2) is 34.1 Å². The molecule has 1 N–H and O–H groups in total. The first-order chi connectivity index (χ1) is 12.2. The molecule has 1 aromatic rings. The minimum absolute atomic E-state index is 0.0191. The quantitative estimate of drug-likeness (QED) is 0.647. The SMILES string of the molecule is COC(CNS(=O)(=O)c1ccc(S(=O)(=O)N2CCCC(C)C2)cc1)OC. The normalized spacial score (nSPS) is 19.8. The molecule has 1 atom stereocenters. The van der Waals surface area contributed by atoms with Crippen LogP contribution in [0, 0.1) is 5.92 Å². The van der Waals surface area contributed by atoms with Crippen LogP contribution in [-0.4, -0.2) is 61.3 Å². The predicted molar refractivity (Wildman–Crippen MR) is 96.6 cm³/mol. The molecule has 0 amide bonds. The number of nitrogens with one attached hydrogen (secondary N) is 1. The van der Waals surface area contributed by atoms with E-state index in [1.807, 2.05) is 6.92 Å². The maximum absolute atomic E-state index is 12.7. The largest absolute Gasteiger partial charge is 0.355 e. The number of piperidine rings is 1. The van der Waals surface area contributed by atoms with Crippen LogP contribution in [0.3, 0.4) is 0 Å². The predicted octanol–water partition coefficient (Wildman–Crippen LogP) is 1.00. The molecule has 2 rings (SSSR count). The number of hydrogen-bond acceptors (Lipinski definition) is 6. The van der Waals surface area contributed by atoms with E-state index in [2.05, 4.69) is 4.72 Å². The summed E-state index contributed by atoms with van der Waals surface area (Å²) in [5.74, 6) is 0.317. The molecule has 1 aliphatic heterocycles. The van der Waals surface area contributed by atoms with Gasteiger partial charge in [0.25, 0.3) is 0 Å². The Hall–Kier alpha value is -1.04. The molecule has 0 aromatic heterocycles. The van der Waals surface area contributed by atoms with E-state index in [-0.39, 0.29) is 16.3 Å². The van der Waals surface area contributed by atoms with Crippen molar-refractivity contribution < 1.29 is 26.3 Å². The van der Waals surface area contributed by atoms with E-state index >= 15 is 0 Å². The van der Waals surface area contributed by atoms with Gasteiger partial charge in [-0.1, -0.05) is 6.92 Å². The molecule has 1 saturated heterocycles. The standard InChI is InChI=1S/C16H26N2O6S2/c1-13-5-4-10-18(12-13)26(21,22)15-8-6-14(7-9-15)25(19,20)17-11-16(23-2)24-3/h6-9,13,16-17H,4-5,10-12H2,1-3H3. The summed E-state index contributed by atoms with van der Waals surface area (Å²) in [7, 11) is -4.59. The molecule has 148 valence electrons. The van der Waals surface area contributed by atoms with Crippen LogP contribution in [0.25, 0.3) is 0 Å². The van der Waals surface area contributed by atoms with Gasteiger partial charge in [0, 0.05) is 27.3 Å². The van der Waals surface area contributed by atoms with Crippen molar-refractivity contribution in [2.75, 3.05) is 33.9 Å². The third-order valence-electron chi connectivity index (χ3n) is 4.36. The van der Waals surface area contributed by atoms with E-state index in [9.17, 15) is 16.8 Å². The maximum Gasteiger partial charge on any atom is 0.243 e. The van der Waals surface area contributed by atoms with Crippen molar-refractivity contribution in [2.45, 2.75) is 35.8 Å². The Morgan fingerprint density at radius 1 is 1.12 bits per heavy atom. The van der Waals surface area contributed by atoms with Gasteiger partial charge in [-0.2, -0.15) is 4.31 Å². The molecular formula is C16H26N2O6S2. The summed E-state index contributed by atoms with van der Waals surface area (Å²) >= 11 is 0. The lowest BCUT2D eigenvalue weighted by Gasteiger charge is -2.30. The number of nitrogens with zero attached hydrogens (tertiary/aromatic N) is 1. The smallest absolute Gasteiger partial charge is 0.243 e. The second-order valence-corrected chi connectivity index (χ2v) is 10.0. The monoisotopic (exact) mass is 406 g/mol. The molecule has 1 heterocycles. The summed E-state index contributed by atoms with van der Waals surface area (Å²) < 4.78 is 63.7. The van der Waals surface area contributed by atoms with Gasteiger partial charge in [0.15, 0.2) is 6.29 Å². The summed E-state index contributed by atoms with van der Waals surface area (Å²) in [5.41, 5.74) is 0. The summed E-state index contributed by atoms with van der Waals surface area (Å²) in [4.78, 5) is 0.0756. The lowest BCUT2D eigenvalue weighted by Crippen LogP contribution is -2.39. The zero-order chi connectivity index (χ0) is 19.4. The van der Waals surface area contributed by atoms with Gasteiger partial charge in [0.05, 0.1) is 16.3 Å². The number of benzene rings is 1. The van der Waals surface area contributed by atoms with Gasteiger partial charge in [-0.3, -0.25) is 0 Å². The number of rotatable bonds is 8. The van der Waals surface area contributed by atoms with Crippen LogP contribution < -0.4 is 4.72 Å². The Morgan fingerprint density at radius 3 is 2.23 bits per heavy atom. The molecular weight excluding hydrogens is 380 g/mol. The third-order valence-corrected chi connectivity index (χ3v) is 7.68. The maximum atomic E-state index is 12.7. The first-order valence-electron chi connectivity index (χ1n) is 8.36. The van der Waals surface area contributed by atoms with Crippen LogP contribution in [0.2, 0.25) is 0 Å². The molecule has 0 aliphatic carbocycles. The fourth-order valence-corrected chi connectivity index (χ4v) is 5.44. The Balaban J connectivity index is 2.14. The van der Waals surface area contributed by atoms with Crippen LogP contribution >= 0.6 is 0 Å². The fourth-order valence-electron chi connectivity index (χ4n) is 2.83. The van der Waals surface area contributed by atoms with Crippen molar-refractivity contribution >= 4 is 20.0 Å². The van der Waals surface area contributed by atoms with Gasteiger partial charge in [0.1, 0.15) is 0 Å². The fraction of sp³-hybridized carbons (Fsp3) is 0.625. The molecule has 8 nitrogen and oxygen atoms in total. The summed E-state index contributed by atoms with van der Waals surface area (Å²) in [5, 5.41) is 0. The second kappa shape index (κ2) is 8.77. The molecule has 0 saturated carbocycles. The molecule has 0 bridgehead atoms. The summed E-state index contributed by atoms with van der Waals surface area (Å²) in [6, 6.07) is 5.23. The van der Waals surface area contributed by atoms with Crippen molar-refractivity contribution in [1.29, 1.82) is 0 Å². The highest BCUT2D eigenvalue weighted by molar-refractivity contribution is 7.89. The van der Waals surface area contributed by atoms with E-state index in [4.69, 9.17) is 9.47 Å². The van der Waals surface area contributed by atoms with Crippen molar-refractivity contribution in [3.8, 4) is 0 Å². The van der Waals surface area contributed by atoms with Gasteiger partial charge >= 0.3 is 0 Å². The Labute approximate surface area is 155 Å². The average molecular weight is 407 g/mol. The highest BCUT2D eigenvalue weighted by Gasteiger charge is 2.29. The number of methoxy groups -OCH3 is 2. The molecule has 10 heteroatoms. The molecule has 1 fully saturated rings. The van der Waals surface area contributed by atoms with Crippen molar-refractivity contribution in [3.63, 3.8) is 0 Å². The van der Waals surface area contributed by atoms with Crippen molar-refractivity contribution in [2.24, 2.45) is 5.92 Å². The van der Waals surface area contributed by atoms with Gasteiger partial charge in [-0.15, -0.1) is 0 Å². The minimum Gasteiger partial charge on any atom is -0.355 e. The zero-order valence-corrected chi connectivity index (χ0v) is 16.8. The Kier molecular flexibility index (Phi) is 7.17. The van der Waals surface area contributed by atoms with Gasteiger partial charge < -0.3 is 9.47 Å².